The standard InChI is InChI=1S/C13H15ClN2OS/c1-9-5-6-10(8-11(9)17-2)13-16-15-12(18-13)4-3-7-14/h5-6,8H,3-4,7H2,1-2H3. The van der Waals surface area contributed by atoms with Gasteiger partial charge >= 0.3 is 0 Å². The topological polar surface area (TPSA) is 35.0 Å². The molecule has 0 atom stereocenters. The Labute approximate surface area is 116 Å². The molecule has 0 unspecified atom stereocenters. The molecule has 0 amide bonds. The minimum atomic E-state index is 0.660. The molecular weight excluding hydrogens is 268 g/mol. The zero-order chi connectivity index (χ0) is 13.0. The molecule has 1 aromatic carbocycles. The van der Waals surface area contributed by atoms with Crippen LogP contribution in [-0.4, -0.2) is 23.2 Å². The lowest BCUT2D eigenvalue weighted by Crippen LogP contribution is -1.87. The molecule has 2 aromatic rings. The molecule has 0 radical (unpaired) electrons. The smallest absolute Gasteiger partial charge is 0.147 e. The first-order valence-electron chi connectivity index (χ1n) is 5.78. The van der Waals surface area contributed by atoms with Crippen molar-refractivity contribution in [2.75, 3.05) is 13.0 Å². The van der Waals surface area contributed by atoms with E-state index >= 15 is 0 Å². The minimum absolute atomic E-state index is 0.660. The summed E-state index contributed by atoms with van der Waals surface area (Å²) in [5.74, 6) is 1.54. The van der Waals surface area contributed by atoms with Gasteiger partial charge in [0.2, 0.25) is 0 Å². The Bertz CT molecular complexity index is 527. The number of hydrogen-bond acceptors (Lipinski definition) is 4. The van der Waals surface area contributed by atoms with Gasteiger partial charge in [0, 0.05) is 17.9 Å². The second-order valence-electron chi connectivity index (χ2n) is 3.98. The zero-order valence-corrected chi connectivity index (χ0v) is 12.0. The molecule has 3 nitrogen and oxygen atoms in total. The predicted molar refractivity (Wildman–Crippen MR) is 75.7 cm³/mol. The molecule has 2 rings (SSSR count). The highest BCUT2D eigenvalue weighted by atomic mass is 35.5. The van der Waals surface area contributed by atoms with Crippen LogP contribution in [0.25, 0.3) is 10.6 Å². The van der Waals surface area contributed by atoms with Crippen molar-refractivity contribution in [1.29, 1.82) is 0 Å². The molecule has 0 aliphatic rings. The van der Waals surface area contributed by atoms with Crippen LogP contribution in [0.5, 0.6) is 5.75 Å². The Morgan fingerprint density at radius 1 is 1.33 bits per heavy atom. The van der Waals surface area contributed by atoms with Crippen LogP contribution in [0.2, 0.25) is 0 Å². The number of halogens is 1. The third-order valence-corrected chi connectivity index (χ3v) is 3.95. The van der Waals surface area contributed by atoms with Crippen molar-refractivity contribution in [2.24, 2.45) is 0 Å². The fraction of sp³-hybridized carbons (Fsp3) is 0.385. The number of hydrogen-bond donors (Lipinski definition) is 0. The molecule has 0 bridgehead atoms. The summed E-state index contributed by atoms with van der Waals surface area (Å²) in [7, 11) is 1.68. The number of alkyl halides is 1. The Hall–Kier alpha value is -1.13. The van der Waals surface area contributed by atoms with Crippen LogP contribution < -0.4 is 4.74 Å². The third-order valence-electron chi connectivity index (χ3n) is 2.65. The van der Waals surface area contributed by atoms with Crippen LogP contribution >= 0.6 is 22.9 Å². The van der Waals surface area contributed by atoms with Gasteiger partial charge in [-0.05, 0) is 25.0 Å². The van der Waals surface area contributed by atoms with Crippen LogP contribution in [0.15, 0.2) is 18.2 Å². The molecule has 0 aliphatic heterocycles. The van der Waals surface area contributed by atoms with Crippen molar-refractivity contribution in [3.63, 3.8) is 0 Å². The lowest BCUT2D eigenvalue weighted by atomic mass is 10.1. The van der Waals surface area contributed by atoms with E-state index in [9.17, 15) is 0 Å². The van der Waals surface area contributed by atoms with Gasteiger partial charge in [0.1, 0.15) is 15.8 Å². The van der Waals surface area contributed by atoms with Gasteiger partial charge in [-0.3, -0.25) is 0 Å². The molecule has 0 saturated heterocycles. The van der Waals surface area contributed by atoms with Gasteiger partial charge in [-0.2, -0.15) is 0 Å². The minimum Gasteiger partial charge on any atom is -0.496 e. The maximum atomic E-state index is 5.67. The van der Waals surface area contributed by atoms with Gasteiger partial charge in [-0.15, -0.1) is 21.8 Å². The Kier molecular flexibility index (Phi) is 4.55. The lowest BCUT2D eigenvalue weighted by Gasteiger charge is -2.05. The molecule has 1 heterocycles. The van der Waals surface area contributed by atoms with Gasteiger partial charge in [-0.1, -0.05) is 23.5 Å². The van der Waals surface area contributed by atoms with Gasteiger partial charge < -0.3 is 4.74 Å². The number of aromatic nitrogens is 2. The summed E-state index contributed by atoms with van der Waals surface area (Å²) in [6, 6.07) is 6.08. The Balaban J connectivity index is 2.23. The highest BCUT2D eigenvalue weighted by Gasteiger charge is 2.08. The summed E-state index contributed by atoms with van der Waals surface area (Å²) in [5, 5.41) is 10.4. The molecular formula is C13H15ClN2OS. The van der Waals surface area contributed by atoms with Crippen molar-refractivity contribution in [3.8, 4) is 16.3 Å². The number of ether oxygens (including phenoxy) is 1. The number of methoxy groups -OCH3 is 1. The molecule has 0 fully saturated rings. The monoisotopic (exact) mass is 282 g/mol. The van der Waals surface area contributed by atoms with E-state index in [0.717, 1.165) is 39.7 Å². The van der Waals surface area contributed by atoms with E-state index in [-0.39, 0.29) is 0 Å². The van der Waals surface area contributed by atoms with Crippen molar-refractivity contribution in [1.82, 2.24) is 10.2 Å². The predicted octanol–water partition coefficient (Wildman–Crippen LogP) is 3.69. The maximum Gasteiger partial charge on any atom is 0.147 e. The van der Waals surface area contributed by atoms with Gasteiger partial charge in [0.25, 0.3) is 0 Å². The van der Waals surface area contributed by atoms with E-state index in [1.807, 2.05) is 25.1 Å². The number of rotatable bonds is 5. The van der Waals surface area contributed by atoms with Crippen LogP contribution in [0, 0.1) is 6.92 Å². The van der Waals surface area contributed by atoms with Crippen molar-refractivity contribution in [3.05, 3.63) is 28.8 Å². The number of benzene rings is 1. The summed E-state index contributed by atoms with van der Waals surface area (Å²) in [5.41, 5.74) is 2.17. The van der Waals surface area contributed by atoms with E-state index in [0.29, 0.717) is 5.88 Å². The first-order chi connectivity index (χ1) is 8.74. The fourth-order valence-corrected chi connectivity index (χ4v) is 2.65. The average molecular weight is 283 g/mol. The second-order valence-corrected chi connectivity index (χ2v) is 5.42. The maximum absolute atomic E-state index is 5.67. The van der Waals surface area contributed by atoms with Gasteiger partial charge in [0.05, 0.1) is 7.11 Å². The van der Waals surface area contributed by atoms with E-state index in [2.05, 4.69) is 10.2 Å². The van der Waals surface area contributed by atoms with Crippen molar-refractivity contribution >= 4 is 22.9 Å². The molecule has 5 heteroatoms. The SMILES string of the molecule is COc1cc(-c2nnc(CCCCl)s2)ccc1C. The van der Waals surface area contributed by atoms with E-state index in [1.54, 1.807) is 18.4 Å². The molecule has 0 saturated carbocycles. The lowest BCUT2D eigenvalue weighted by molar-refractivity contribution is 0.412. The van der Waals surface area contributed by atoms with Crippen LogP contribution in [-0.2, 0) is 6.42 Å². The molecule has 0 spiro atoms. The summed E-state index contributed by atoms with van der Waals surface area (Å²) < 4.78 is 5.32. The molecule has 96 valence electrons. The van der Waals surface area contributed by atoms with E-state index in [1.165, 1.54) is 0 Å². The quantitative estimate of drug-likeness (QED) is 0.785. The summed E-state index contributed by atoms with van der Waals surface area (Å²) in [6.45, 7) is 2.02. The van der Waals surface area contributed by atoms with Crippen LogP contribution in [0.4, 0.5) is 0 Å². The highest BCUT2D eigenvalue weighted by molar-refractivity contribution is 7.14. The number of nitrogens with zero attached hydrogens (tertiary/aromatic N) is 2. The highest BCUT2D eigenvalue weighted by Crippen LogP contribution is 2.29. The van der Waals surface area contributed by atoms with E-state index in [4.69, 9.17) is 16.3 Å². The fourth-order valence-electron chi connectivity index (χ4n) is 1.64. The van der Waals surface area contributed by atoms with Crippen LogP contribution in [0.3, 0.4) is 0 Å². The Morgan fingerprint density at radius 3 is 2.89 bits per heavy atom. The van der Waals surface area contributed by atoms with Crippen molar-refractivity contribution < 1.29 is 4.74 Å². The normalized spacial score (nSPS) is 10.6. The molecule has 0 aliphatic carbocycles. The second kappa shape index (κ2) is 6.16. The third kappa shape index (κ3) is 3.00. The van der Waals surface area contributed by atoms with E-state index < -0.39 is 0 Å². The van der Waals surface area contributed by atoms with Crippen LogP contribution in [0.1, 0.15) is 17.0 Å². The molecule has 18 heavy (non-hydrogen) atoms. The molecule has 0 N–H and O–H groups in total. The summed E-state index contributed by atoms with van der Waals surface area (Å²) in [4.78, 5) is 0. The molecule has 1 aromatic heterocycles. The number of aryl methyl sites for hydroxylation is 2. The Morgan fingerprint density at radius 2 is 2.17 bits per heavy atom. The largest absolute Gasteiger partial charge is 0.496 e. The first kappa shape index (κ1) is 13.3. The first-order valence-corrected chi connectivity index (χ1v) is 7.13. The van der Waals surface area contributed by atoms with Gasteiger partial charge in [-0.25, -0.2) is 0 Å². The average Bonchev–Trinajstić information content (AvgIpc) is 2.85. The zero-order valence-electron chi connectivity index (χ0n) is 10.4. The van der Waals surface area contributed by atoms with Gasteiger partial charge in [0.15, 0.2) is 0 Å². The summed E-state index contributed by atoms with van der Waals surface area (Å²) in [6.07, 6.45) is 1.83. The summed E-state index contributed by atoms with van der Waals surface area (Å²) >= 11 is 7.29. The van der Waals surface area contributed by atoms with Crippen molar-refractivity contribution in [2.45, 2.75) is 19.8 Å².